The van der Waals surface area contributed by atoms with Gasteiger partial charge in [0.2, 0.25) is 0 Å². The zero-order chi connectivity index (χ0) is 16.3. The third-order valence-electron chi connectivity index (χ3n) is 3.19. The van der Waals surface area contributed by atoms with E-state index in [2.05, 4.69) is 37.0 Å². The molecular formula is C19H26ClNOS2. The Kier molecular flexibility index (Phi) is 11.1. The van der Waals surface area contributed by atoms with Crippen LogP contribution in [-0.4, -0.2) is 16.5 Å². The minimum atomic E-state index is 0. The molecule has 0 radical (unpaired) electrons. The summed E-state index contributed by atoms with van der Waals surface area (Å²) in [5, 5.41) is 0. The van der Waals surface area contributed by atoms with Crippen molar-refractivity contribution in [1.29, 1.82) is 0 Å². The molecule has 0 atom stereocenters. The first-order valence-electron chi connectivity index (χ1n) is 8.19. The highest BCUT2D eigenvalue weighted by atomic mass is 35.5. The molecule has 0 aliphatic rings. The molecule has 2 rings (SSSR count). The predicted molar refractivity (Wildman–Crippen MR) is 110 cm³/mol. The van der Waals surface area contributed by atoms with E-state index in [4.69, 9.17) is 4.74 Å². The first-order chi connectivity index (χ1) is 11.3. The van der Waals surface area contributed by atoms with Crippen molar-refractivity contribution in [3.63, 3.8) is 0 Å². The van der Waals surface area contributed by atoms with E-state index in [0.29, 0.717) is 11.2 Å². The van der Waals surface area contributed by atoms with Crippen molar-refractivity contribution < 1.29 is 4.74 Å². The lowest BCUT2D eigenvalue weighted by molar-refractivity contribution is 0.301. The molecule has 0 unspecified atom stereocenters. The van der Waals surface area contributed by atoms with Gasteiger partial charge < -0.3 is 4.74 Å². The van der Waals surface area contributed by atoms with Gasteiger partial charge in [0.1, 0.15) is 12.4 Å². The van der Waals surface area contributed by atoms with Crippen molar-refractivity contribution in [1.82, 2.24) is 4.98 Å². The SMILES string of the molecule is CCCSC(SCCC)c1cccc(OCc2ccccn2)c1.Cl. The molecule has 1 heterocycles. The summed E-state index contributed by atoms with van der Waals surface area (Å²) in [5.41, 5.74) is 2.30. The van der Waals surface area contributed by atoms with E-state index in [1.165, 1.54) is 29.9 Å². The molecule has 0 aliphatic carbocycles. The molecule has 0 fully saturated rings. The second-order valence-electron chi connectivity index (χ2n) is 5.26. The Balaban J connectivity index is 0.00000288. The summed E-state index contributed by atoms with van der Waals surface area (Å²) in [5.74, 6) is 3.31. The summed E-state index contributed by atoms with van der Waals surface area (Å²) in [4.78, 5) is 4.30. The average Bonchev–Trinajstić information content (AvgIpc) is 2.61. The number of pyridine rings is 1. The number of ether oxygens (including phenoxy) is 1. The third-order valence-corrected chi connectivity index (χ3v) is 6.44. The van der Waals surface area contributed by atoms with Crippen LogP contribution in [0.5, 0.6) is 5.75 Å². The highest BCUT2D eigenvalue weighted by Gasteiger charge is 2.12. The Bertz CT molecular complexity index is 560. The van der Waals surface area contributed by atoms with Crippen LogP contribution in [0, 0.1) is 0 Å². The minimum Gasteiger partial charge on any atom is -0.487 e. The van der Waals surface area contributed by atoms with Crippen molar-refractivity contribution in [3.05, 3.63) is 59.9 Å². The van der Waals surface area contributed by atoms with Crippen molar-refractivity contribution >= 4 is 35.9 Å². The van der Waals surface area contributed by atoms with Crippen LogP contribution in [-0.2, 0) is 6.61 Å². The lowest BCUT2D eigenvalue weighted by atomic mass is 10.2. The van der Waals surface area contributed by atoms with Crippen molar-refractivity contribution in [2.45, 2.75) is 37.9 Å². The number of hydrogen-bond acceptors (Lipinski definition) is 4. The first-order valence-corrected chi connectivity index (χ1v) is 10.3. The summed E-state index contributed by atoms with van der Waals surface area (Å²) in [6, 6.07) is 14.4. The van der Waals surface area contributed by atoms with E-state index in [9.17, 15) is 0 Å². The van der Waals surface area contributed by atoms with Gasteiger partial charge in [-0.05, 0) is 54.2 Å². The summed E-state index contributed by atoms with van der Waals surface area (Å²) >= 11 is 4.07. The zero-order valence-corrected chi connectivity index (χ0v) is 16.8. The van der Waals surface area contributed by atoms with Gasteiger partial charge in [0.25, 0.3) is 0 Å². The highest BCUT2D eigenvalue weighted by molar-refractivity contribution is 8.16. The molecule has 0 saturated carbocycles. The Morgan fingerprint density at radius 1 is 1.00 bits per heavy atom. The zero-order valence-electron chi connectivity index (χ0n) is 14.3. The van der Waals surface area contributed by atoms with Gasteiger partial charge in [0, 0.05) is 6.20 Å². The summed E-state index contributed by atoms with van der Waals surface area (Å²) < 4.78 is 6.40. The van der Waals surface area contributed by atoms with Crippen LogP contribution in [0.3, 0.4) is 0 Å². The second kappa shape index (κ2) is 12.5. The van der Waals surface area contributed by atoms with Crippen LogP contribution in [0.2, 0.25) is 0 Å². The number of rotatable bonds is 10. The molecule has 0 bridgehead atoms. The Morgan fingerprint density at radius 2 is 1.75 bits per heavy atom. The van der Waals surface area contributed by atoms with Gasteiger partial charge >= 0.3 is 0 Å². The van der Waals surface area contributed by atoms with Gasteiger partial charge in [-0.2, -0.15) is 0 Å². The van der Waals surface area contributed by atoms with Gasteiger partial charge in [-0.1, -0.05) is 32.0 Å². The minimum absolute atomic E-state index is 0. The quantitative estimate of drug-likeness (QED) is 0.444. The van der Waals surface area contributed by atoms with E-state index in [1.54, 1.807) is 6.20 Å². The van der Waals surface area contributed by atoms with Crippen molar-refractivity contribution in [2.24, 2.45) is 0 Å². The average molecular weight is 384 g/mol. The van der Waals surface area contributed by atoms with Gasteiger partial charge in [-0.25, -0.2) is 0 Å². The maximum absolute atomic E-state index is 5.91. The van der Waals surface area contributed by atoms with Crippen LogP contribution in [0.15, 0.2) is 48.7 Å². The van der Waals surface area contributed by atoms with Crippen LogP contribution in [0.1, 0.15) is 42.5 Å². The van der Waals surface area contributed by atoms with Gasteiger partial charge in [0.05, 0.1) is 10.3 Å². The molecule has 0 amide bonds. The Hall–Kier alpha value is -0.840. The van der Waals surface area contributed by atoms with E-state index >= 15 is 0 Å². The smallest absolute Gasteiger partial charge is 0.130 e. The molecule has 0 aliphatic heterocycles. The molecule has 1 aromatic carbocycles. The summed E-state index contributed by atoms with van der Waals surface area (Å²) in [7, 11) is 0. The molecule has 24 heavy (non-hydrogen) atoms. The fourth-order valence-electron chi connectivity index (χ4n) is 2.08. The summed E-state index contributed by atoms with van der Waals surface area (Å²) in [6.45, 7) is 4.99. The number of benzene rings is 1. The maximum atomic E-state index is 5.91. The molecule has 0 saturated heterocycles. The standard InChI is InChI=1S/C19H25NOS2.ClH/c1-3-12-22-19(23-13-4-2)16-8-7-10-18(14-16)21-15-17-9-5-6-11-20-17;/h5-11,14,19H,3-4,12-13,15H2,1-2H3;1H. The molecule has 2 nitrogen and oxygen atoms in total. The third kappa shape index (κ3) is 7.37. The molecular weight excluding hydrogens is 358 g/mol. The molecule has 1 aromatic heterocycles. The number of nitrogens with zero attached hydrogens (tertiary/aromatic N) is 1. The second-order valence-corrected chi connectivity index (χ2v) is 7.98. The van der Waals surface area contributed by atoms with Gasteiger partial charge in [-0.15, -0.1) is 35.9 Å². The van der Waals surface area contributed by atoms with E-state index in [1.807, 2.05) is 47.8 Å². The molecule has 0 spiro atoms. The summed E-state index contributed by atoms with van der Waals surface area (Å²) in [6.07, 6.45) is 4.22. The number of halogens is 1. The first kappa shape index (κ1) is 21.2. The Labute approximate surface area is 160 Å². The van der Waals surface area contributed by atoms with Crippen LogP contribution in [0.4, 0.5) is 0 Å². The number of aromatic nitrogens is 1. The molecule has 2 aromatic rings. The van der Waals surface area contributed by atoms with E-state index < -0.39 is 0 Å². The van der Waals surface area contributed by atoms with Crippen LogP contribution >= 0.6 is 35.9 Å². The van der Waals surface area contributed by atoms with Crippen molar-refractivity contribution in [2.75, 3.05) is 11.5 Å². The predicted octanol–water partition coefficient (Wildman–Crippen LogP) is 6.37. The number of hydrogen-bond donors (Lipinski definition) is 0. The van der Waals surface area contributed by atoms with Crippen LogP contribution in [0.25, 0.3) is 0 Å². The highest BCUT2D eigenvalue weighted by Crippen LogP contribution is 2.41. The fraction of sp³-hybridized carbons (Fsp3) is 0.421. The van der Waals surface area contributed by atoms with Gasteiger partial charge in [0.15, 0.2) is 0 Å². The van der Waals surface area contributed by atoms with Crippen molar-refractivity contribution in [3.8, 4) is 5.75 Å². The number of thioether (sulfide) groups is 2. The molecule has 5 heteroatoms. The van der Waals surface area contributed by atoms with Gasteiger partial charge in [-0.3, -0.25) is 4.98 Å². The topological polar surface area (TPSA) is 22.1 Å². The van der Waals surface area contributed by atoms with Crippen LogP contribution < -0.4 is 4.74 Å². The fourth-order valence-corrected chi connectivity index (χ4v) is 4.62. The monoisotopic (exact) mass is 383 g/mol. The lowest BCUT2D eigenvalue weighted by Crippen LogP contribution is -1.99. The largest absolute Gasteiger partial charge is 0.487 e. The van der Waals surface area contributed by atoms with E-state index in [0.717, 1.165) is 11.4 Å². The Morgan fingerprint density at radius 3 is 2.38 bits per heavy atom. The molecule has 132 valence electrons. The van der Waals surface area contributed by atoms with E-state index in [-0.39, 0.29) is 12.4 Å². The lowest BCUT2D eigenvalue weighted by Gasteiger charge is -2.17. The maximum Gasteiger partial charge on any atom is 0.130 e. The normalized spacial score (nSPS) is 10.5. The molecule has 0 N–H and O–H groups in total.